The van der Waals surface area contributed by atoms with Crippen molar-refractivity contribution in [2.75, 3.05) is 20.2 Å². The SMILES string of the molecule is CCCNC/C(=C/c1cc(OC)ccc1Br)CC. The quantitative estimate of drug-likeness (QED) is 0.760. The van der Waals surface area contributed by atoms with Gasteiger partial charge in [-0.05, 0) is 43.1 Å². The molecule has 3 heteroatoms. The van der Waals surface area contributed by atoms with Gasteiger partial charge in [-0.2, -0.15) is 0 Å². The Morgan fingerprint density at radius 1 is 1.39 bits per heavy atom. The summed E-state index contributed by atoms with van der Waals surface area (Å²) in [4.78, 5) is 0. The molecule has 18 heavy (non-hydrogen) atoms. The molecule has 0 unspecified atom stereocenters. The topological polar surface area (TPSA) is 21.3 Å². The summed E-state index contributed by atoms with van der Waals surface area (Å²) in [5, 5.41) is 3.44. The van der Waals surface area contributed by atoms with Gasteiger partial charge in [0.05, 0.1) is 7.11 Å². The van der Waals surface area contributed by atoms with Gasteiger partial charge >= 0.3 is 0 Å². The van der Waals surface area contributed by atoms with Crippen molar-refractivity contribution >= 4 is 22.0 Å². The Hall–Kier alpha value is -0.800. The van der Waals surface area contributed by atoms with Crippen molar-refractivity contribution in [3.63, 3.8) is 0 Å². The van der Waals surface area contributed by atoms with Gasteiger partial charge < -0.3 is 10.1 Å². The van der Waals surface area contributed by atoms with Gasteiger partial charge in [0.15, 0.2) is 0 Å². The van der Waals surface area contributed by atoms with Crippen LogP contribution in [0.4, 0.5) is 0 Å². The Morgan fingerprint density at radius 2 is 2.17 bits per heavy atom. The highest BCUT2D eigenvalue weighted by Gasteiger charge is 2.01. The summed E-state index contributed by atoms with van der Waals surface area (Å²) in [7, 11) is 1.69. The van der Waals surface area contributed by atoms with Crippen LogP contribution in [0.3, 0.4) is 0 Å². The second kappa shape index (κ2) is 8.33. The molecule has 0 aliphatic rings. The van der Waals surface area contributed by atoms with Crippen molar-refractivity contribution in [3.8, 4) is 5.75 Å². The van der Waals surface area contributed by atoms with Crippen LogP contribution >= 0.6 is 15.9 Å². The lowest BCUT2D eigenvalue weighted by molar-refractivity contribution is 0.414. The molecular formula is C15H22BrNO. The van der Waals surface area contributed by atoms with E-state index in [1.54, 1.807) is 7.11 Å². The largest absolute Gasteiger partial charge is 0.497 e. The number of hydrogen-bond acceptors (Lipinski definition) is 2. The highest BCUT2D eigenvalue weighted by molar-refractivity contribution is 9.10. The fourth-order valence-electron chi connectivity index (χ4n) is 1.68. The van der Waals surface area contributed by atoms with Gasteiger partial charge in [-0.3, -0.25) is 0 Å². The Kier molecular flexibility index (Phi) is 7.06. The number of hydrogen-bond donors (Lipinski definition) is 1. The minimum absolute atomic E-state index is 0.890. The minimum Gasteiger partial charge on any atom is -0.497 e. The van der Waals surface area contributed by atoms with Crippen molar-refractivity contribution in [1.82, 2.24) is 5.32 Å². The Bertz CT molecular complexity index is 401. The molecule has 0 atom stereocenters. The summed E-state index contributed by atoms with van der Waals surface area (Å²) in [6, 6.07) is 6.04. The third-order valence-electron chi connectivity index (χ3n) is 2.80. The standard InChI is InChI=1S/C15H22BrNO/c1-4-8-17-11-12(5-2)9-13-10-14(18-3)6-7-15(13)16/h6-7,9-10,17H,4-5,8,11H2,1-3H3/b12-9+. The molecule has 1 N–H and O–H groups in total. The number of halogens is 1. The van der Waals surface area contributed by atoms with Crippen LogP contribution < -0.4 is 10.1 Å². The first-order valence-corrected chi connectivity index (χ1v) is 7.24. The lowest BCUT2D eigenvalue weighted by Crippen LogP contribution is -2.17. The number of ether oxygens (including phenoxy) is 1. The maximum atomic E-state index is 5.26. The predicted molar refractivity (Wildman–Crippen MR) is 82.1 cm³/mol. The van der Waals surface area contributed by atoms with E-state index in [4.69, 9.17) is 4.74 Å². The van der Waals surface area contributed by atoms with Crippen LogP contribution in [0.15, 0.2) is 28.2 Å². The van der Waals surface area contributed by atoms with E-state index in [0.717, 1.165) is 29.7 Å². The molecule has 0 aliphatic heterocycles. The molecule has 0 aromatic heterocycles. The third-order valence-corrected chi connectivity index (χ3v) is 3.52. The number of rotatable bonds is 7. The molecule has 0 bridgehead atoms. The van der Waals surface area contributed by atoms with E-state index in [-0.39, 0.29) is 0 Å². The molecule has 1 aromatic carbocycles. The molecule has 2 nitrogen and oxygen atoms in total. The summed E-state index contributed by atoms with van der Waals surface area (Å²) < 4.78 is 6.36. The molecule has 0 heterocycles. The maximum absolute atomic E-state index is 5.26. The zero-order chi connectivity index (χ0) is 13.4. The average Bonchev–Trinajstić information content (AvgIpc) is 2.40. The minimum atomic E-state index is 0.890. The smallest absolute Gasteiger partial charge is 0.119 e. The van der Waals surface area contributed by atoms with Crippen LogP contribution in [0.25, 0.3) is 6.08 Å². The van der Waals surface area contributed by atoms with E-state index in [1.807, 2.05) is 12.1 Å². The molecule has 1 aromatic rings. The van der Waals surface area contributed by atoms with E-state index in [9.17, 15) is 0 Å². The van der Waals surface area contributed by atoms with Crippen molar-refractivity contribution < 1.29 is 4.74 Å². The summed E-state index contributed by atoms with van der Waals surface area (Å²) in [5.74, 6) is 0.890. The normalized spacial score (nSPS) is 11.7. The van der Waals surface area contributed by atoms with Gasteiger partial charge in [0.1, 0.15) is 5.75 Å². The fraction of sp³-hybridized carbons (Fsp3) is 0.467. The summed E-state index contributed by atoms with van der Waals surface area (Å²) >= 11 is 3.58. The zero-order valence-electron chi connectivity index (χ0n) is 11.4. The summed E-state index contributed by atoms with van der Waals surface area (Å²) in [5.41, 5.74) is 2.57. The molecule has 1 rings (SSSR count). The summed E-state index contributed by atoms with van der Waals surface area (Å²) in [6.07, 6.45) is 4.45. The van der Waals surface area contributed by atoms with Gasteiger partial charge in [0.25, 0.3) is 0 Å². The Balaban J connectivity index is 2.83. The second-order valence-electron chi connectivity index (χ2n) is 4.22. The zero-order valence-corrected chi connectivity index (χ0v) is 13.0. The number of nitrogens with one attached hydrogen (secondary N) is 1. The molecule has 0 saturated heterocycles. The van der Waals surface area contributed by atoms with Gasteiger partial charge in [0, 0.05) is 11.0 Å². The lowest BCUT2D eigenvalue weighted by Gasteiger charge is -2.08. The van der Waals surface area contributed by atoms with Crippen molar-refractivity contribution in [1.29, 1.82) is 0 Å². The average molecular weight is 312 g/mol. The first-order valence-electron chi connectivity index (χ1n) is 6.45. The first-order chi connectivity index (χ1) is 8.71. The van der Waals surface area contributed by atoms with Crippen LogP contribution in [-0.2, 0) is 0 Å². The van der Waals surface area contributed by atoms with E-state index >= 15 is 0 Å². The second-order valence-corrected chi connectivity index (χ2v) is 5.07. The molecule has 0 spiro atoms. The van der Waals surface area contributed by atoms with E-state index in [1.165, 1.54) is 17.6 Å². The highest BCUT2D eigenvalue weighted by atomic mass is 79.9. The molecular weight excluding hydrogens is 290 g/mol. The fourth-order valence-corrected chi connectivity index (χ4v) is 2.04. The van der Waals surface area contributed by atoms with Gasteiger partial charge in [0.2, 0.25) is 0 Å². The Labute approximate surface area is 119 Å². The van der Waals surface area contributed by atoms with Gasteiger partial charge in [-0.1, -0.05) is 41.4 Å². The Morgan fingerprint density at radius 3 is 2.78 bits per heavy atom. The molecule has 0 amide bonds. The van der Waals surface area contributed by atoms with Crippen LogP contribution in [0, 0.1) is 0 Å². The first kappa shape index (κ1) is 15.3. The van der Waals surface area contributed by atoms with Crippen LogP contribution in [-0.4, -0.2) is 20.2 Å². The molecule has 0 saturated carbocycles. The highest BCUT2D eigenvalue weighted by Crippen LogP contribution is 2.25. The van der Waals surface area contributed by atoms with Crippen LogP contribution in [0.2, 0.25) is 0 Å². The molecule has 0 fully saturated rings. The number of methoxy groups -OCH3 is 1. The number of benzene rings is 1. The predicted octanol–water partition coefficient (Wildman–Crippen LogP) is 4.25. The summed E-state index contributed by atoms with van der Waals surface area (Å²) in [6.45, 7) is 6.39. The third kappa shape index (κ3) is 4.83. The van der Waals surface area contributed by atoms with Gasteiger partial charge in [-0.25, -0.2) is 0 Å². The van der Waals surface area contributed by atoms with Crippen molar-refractivity contribution in [2.45, 2.75) is 26.7 Å². The van der Waals surface area contributed by atoms with Crippen LogP contribution in [0.1, 0.15) is 32.3 Å². The van der Waals surface area contributed by atoms with Gasteiger partial charge in [-0.15, -0.1) is 0 Å². The molecule has 0 radical (unpaired) electrons. The maximum Gasteiger partial charge on any atom is 0.119 e. The van der Waals surface area contributed by atoms with E-state index in [2.05, 4.69) is 47.2 Å². The molecule has 100 valence electrons. The molecule has 0 aliphatic carbocycles. The van der Waals surface area contributed by atoms with Crippen molar-refractivity contribution in [2.24, 2.45) is 0 Å². The van der Waals surface area contributed by atoms with E-state index in [0.29, 0.717) is 0 Å². The van der Waals surface area contributed by atoms with E-state index < -0.39 is 0 Å². The lowest BCUT2D eigenvalue weighted by atomic mass is 10.1. The monoisotopic (exact) mass is 311 g/mol. The van der Waals surface area contributed by atoms with Crippen LogP contribution in [0.5, 0.6) is 5.75 Å². The van der Waals surface area contributed by atoms with Crippen molar-refractivity contribution in [3.05, 3.63) is 33.8 Å².